The van der Waals surface area contributed by atoms with Gasteiger partial charge in [-0.25, -0.2) is 0 Å². The van der Waals surface area contributed by atoms with Crippen LogP contribution >= 0.6 is 0 Å². The molecule has 0 heterocycles. The van der Waals surface area contributed by atoms with Crippen molar-refractivity contribution in [2.75, 3.05) is 26.8 Å². The third kappa shape index (κ3) is 5.58. The van der Waals surface area contributed by atoms with E-state index in [1.807, 2.05) is 0 Å². The lowest BCUT2D eigenvalue weighted by molar-refractivity contribution is 0.200. The van der Waals surface area contributed by atoms with E-state index in [2.05, 4.69) is 57.3 Å². The van der Waals surface area contributed by atoms with Crippen molar-refractivity contribution in [2.24, 2.45) is 5.92 Å². The van der Waals surface area contributed by atoms with Crippen LogP contribution in [0.25, 0.3) is 6.08 Å². The van der Waals surface area contributed by atoms with Gasteiger partial charge in [-0.3, -0.25) is 0 Å². The molecule has 106 valence electrons. The predicted molar refractivity (Wildman–Crippen MR) is 83.5 cm³/mol. The summed E-state index contributed by atoms with van der Waals surface area (Å²) in [6.45, 7) is 11.4. The zero-order valence-corrected chi connectivity index (χ0v) is 12.9. The van der Waals surface area contributed by atoms with Crippen molar-refractivity contribution in [1.29, 1.82) is 0 Å². The molecule has 1 aromatic rings. The molecule has 0 radical (unpaired) electrons. The van der Waals surface area contributed by atoms with E-state index in [-0.39, 0.29) is 0 Å². The van der Waals surface area contributed by atoms with Crippen LogP contribution in [0.2, 0.25) is 0 Å². The van der Waals surface area contributed by atoms with Crippen molar-refractivity contribution in [3.05, 3.63) is 40.5 Å². The normalized spacial score (nSPS) is 12.2. The van der Waals surface area contributed by atoms with Crippen molar-refractivity contribution in [1.82, 2.24) is 5.32 Å². The van der Waals surface area contributed by atoms with E-state index in [1.54, 1.807) is 7.11 Å². The fourth-order valence-corrected chi connectivity index (χ4v) is 2.02. The van der Waals surface area contributed by atoms with Gasteiger partial charge in [-0.2, -0.15) is 0 Å². The van der Waals surface area contributed by atoms with Gasteiger partial charge in [0.05, 0.1) is 6.61 Å². The number of aryl methyl sites for hydroxylation is 2. The Bertz CT molecular complexity index is 421. The van der Waals surface area contributed by atoms with Crippen LogP contribution < -0.4 is 5.32 Å². The summed E-state index contributed by atoms with van der Waals surface area (Å²) in [5.41, 5.74) is 5.42. The fourth-order valence-electron chi connectivity index (χ4n) is 2.02. The fraction of sp³-hybridized carbons (Fsp3) is 0.529. The Labute approximate surface area is 117 Å². The van der Waals surface area contributed by atoms with Gasteiger partial charge in [0.25, 0.3) is 0 Å². The van der Waals surface area contributed by atoms with E-state index in [4.69, 9.17) is 4.74 Å². The summed E-state index contributed by atoms with van der Waals surface area (Å²) in [5.74, 6) is 0.552. The lowest BCUT2D eigenvalue weighted by atomic mass is 9.97. The molecule has 0 bridgehead atoms. The Morgan fingerprint density at radius 1 is 1.32 bits per heavy atom. The van der Waals surface area contributed by atoms with Crippen LogP contribution in [-0.2, 0) is 4.74 Å². The molecule has 2 heteroatoms. The van der Waals surface area contributed by atoms with Gasteiger partial charge >= 0.3 is 0 Å². The van der Waals surface area contributed by atoms with Gasteiger partial charge in [-0.05, 0) is 30.9 Å². The summed E-state index contributed by atoms with van der Waals surface area (Å²) in [6, 6.07) is 6.62. The summed E-state index contributed by atoms with van der Waals surface area (Å²) < 4.78 is 5.05. The van der Waals surface area contributed by atoms with Crippen molar-refractivity contribution in [3.8, 4) is 0 Å². The maximum atomic E-state index is 5.05. The van der Waals surface area contributed by atoms with Crippen LogP contribution in [0, 0.1) is 19.8 Å². The first-order chi connectivity index (χ1) is 9.04. The lowest BCUT2D eigenvalue weighted by Gasteiger charge is -2.14. The minimum absolute atomic E-state index is 0.552. The molecule has 0 saturated heterocycles. The highest BCUT2D eigenvalue weighted by molar-refractivity contribution is 5.57. The monoisotopic (exact) mass is 261 g/mol. The molecule has 0 atom stereocenters. The van der Waals surface area contributed by atoms with Crippen LogP contribution in [-0.4, -0.2) is 26.8 Å². The lowest BCUT2D eigenvalue weighted by Crippen LogP contribution is -2.23. The summed E-state index contributed by atoms with van der Waals surface area (Å²) in [6.07, 6.45) is 2.32. The summed E-state index contributed by atoms with van der Waals surface area (Å²) >= 11 is 0. The topological polar surface area (TPSA) is 21.3 Å². The maximum absolute atomic E-state index is 5.05. The number of ether oxygens (including phenoxy) is 1. The first-order valence-corrected chi connectivity index (χ1v) is 7.02. The smallest absolute Gasteiger partial charge is 0.0587 e. The van der Waals surface area contributed by atoms with Gasteiger partial charge < -0.3 is 10.1 Å². The van der Waals surface area contributed by atoms with Gasteiger partial charge in [0, 0.05) is 20.2 Å². The minimum Gasteiger partial charge on any atom is -0.383 e. The predicted octanol–water partition coefficient (Wildman–Crippen LogP) is 3.58. The largest absolute Gasteiger partial charge is 0.383 e. The molecule has 0 saturated carbocycles. The van der Waals surface area contributed by atoms with E-state index in [0.717, 1.165) is 19.7 Å². The van der Waals surface area contributed by atoms with Crippen LogP contribution in [0.15, 0.2) is 23.8 Å². The molecule has 0 aliphatic carbocycles. The standard InChI is InChI=1S/C17H27NO/c1-13(2)17(12-18-8-9-19-5)11-16-7-6-14(3)10-15(16)4/h6-7,10-11,13,18H,8-9,12H2,1-5H3. The van der Waals surface area contributed by atoms with Gasteiger partial charge in [0.1, 0.15) is 0 Å². The average molecular weight is 261 g/mol. The second-order valence-corrected chi connectivity index (χ2v) is 5.40. The van der Waals surface area contributed by atoms with Crippen molar-refractivity contribution in [2.45, 2.75) is 27.7 Å². The number of nitrogens with one attached hydrogen (secondary N) is 1. The Morgan fingerprint density at radius 3 is 2.63 bits per heavy atom. The highest BCUT2D eigenvalue weighted by Crippen LogP contribution is 2.18. The number of hydrogen-bond acceptors (Lipinski definition) is 2. The van der Waals surface area contributed by atoms with Gasteiger partial charge in [-0.1, -0.05) is 49.3 Å². The van der Waals surface area contributed by atoms with Crippen molar-refractivity contribution >= 4 is 6.08 Å². The van der Waals surface area contributed by atoms with E-state index >= 15 is 0 Å². The summed E-state index contributed by atoms with van der Waals surface area (Å²) in [5, 5.41) is 3.43. The van der Waals surface area contributed by atoms with E-state index in [9.17, 15) is 0 Å². The Kier molecular flexibility index (Phi) is 6.82. The molecular formula is C17H27NO. The molecule has 0 aromatic heterocycles. The first kappa shape index (κ1) is 15.9. The summed E-state index contributed by atoms with van der Waals surface area (Å²) in [7, 11) is 1.73. The molecule has 0 amide bonds. The molecule has 0 aliphatic rings. The van der Waals surface area contributed by atoms with Crippen molar-refractivity contribution in [3.63, 3.8) is 0 Å². The third-order valence-electron chi connectivity index (χ3n) is 3.32. The number of hydrogen-bond donors (Lipinski definition) is 1. The molecular weight excluding hydrogens is 234 g/mol. The second kappa shape index (κ2) is 8.13. The SMILES string of the molecule is COCCNCC(=Cc1ccc(C)cc1C)C(C)C. The van der Waals surface area contributed by atoms with E-state index in [0.29, 0.717) is 5.92 Å². The van der Waals surface area contributed by atoms with E-state index < -0.39 is 0 Å². The quantitative estimate of drug-likeness (QED) is 0.758. The highest BCUT2D eigenvalue weighted by atomic mass is 16.5. The third-order valence-corrected chi connectivity index (χ3v) is 3.32. The zero-order chi connectivity index (χ0) is 14.3. The van der Waals surface area contributed by atoms with Gasteiger partial charge in [0.15, 0.2) is 0 Å². The Morgan fingerprint density at radius 2 is 2.05 bits per heavy atom. The molecule has 2 nitrogen and oxygen atoms in total. The molecule has 0 spiro atoms. The number of methoxy groups -OCH3 is 1. The molecule has 19 heavy (non-hydrogen) atoms. The van der Waals surface area contributed by atoms with Crippen LogP contribution in [0.1, 0.15) is 30.5 Å². The number of benzene rings is 1. The van der Waals surface area contributed by atoms with E-state index in [1.165, 1.54) is 22.3 Å². The molecule has 0 fully saturated rings. The molecule has 1 N–H and O–H groups in total. The molecule has 0 aliphatic heterocycles. The van der Waals surface area contributed by atoms with Crippen LogP contribution in [0.4, 0.5) is 0 Å². The van der Waals surface area contributed by atoms with Crippen molar-refractivity contribution < 1.29 is 4.74 Å². The summed E-state index contributed by atoms with van der Waals surface area (Å²) in [4.78, 5) is 0. The molecule has 1 aromatic carbocycles. The number of rotatable bonds is 7. The molecule has 0 unspecified atom stereocenters. The van der Waals surface area contributed by atoms with Gasteiger partial charge in [-0.15, -0.1) is 0 Å². The first-order valence-electron chi connectivity index (χ1n) is 7.02. The Balaban J connectivity index is 2.76. The zero-order valence-electron chi connectivity index (χ0n) is 12.9. The average Bonchev–Trinajstić information content (AvgIpc) is 2.35. The van der Waals surface area contributed by atoms with Crippen LogP contribution in [0.3, 0.4) is 0 Å². The Hall–Kier alpha value is -1.12. The van der Waals surface area contributed by atoms with Crippen LogP contribution in [0.5, 0.6) is 0 Å². The minimum atomic E-state index is 0.552. The second-order valence-electron chi connectivity index (χ2n) is 5.40. The highest BCUT2D eigenvalue weighted by Gasteiger charge is 2.04. The maximum Gasteiger partial charge on any atom is 0.0587 e. The molecule has 1 rings (SSSR count). The van der Waals surface area contributed by atoms with Gasteiger partial charge in [0.2, 0.25) is 0 Å².